The van der Waals surface area contributed by atoms with Crippen molar-refractivity contribution in [2.24, 2.45) is 5.10 Å². The largest absolute Gasteiger partial charge is 0.507 e. The molecule has 2 N–H and O–H groups in total. The van der Waals surface area contributed by atoms with Crippen molar-refractivity contribution in [1.29, 1.82) is 0 Å². The minimum atomic E-state index is -0.609. The molecule has 2 aromatic carbocycles. The third-order valence-electron chi connectivity index (χ3n) is 3.32. The van der Waals surface area contributed by atoms with Gasteiger partial charge in [-0.3, -0.25) is 4.79 Å². The van der Waals surface area contributed by atoms with E-state index < -0.39 is 5.91 Å². The van der Waals surface area contributed by atoms with Crippen LogP contribution in [0, 0.1) is 0 Å². The summed E-state index contributed by atoms with van der Waals surface area (Å²) in [4.78, 5) is 12.1. The van der Waals surface area contributed by atoms with Crippen LogP contribution in [0.25, 0.3) is 0 Å². The molecule has 0 aliphatic rings. The second-order valence-corrected chi connectivity index (χ2v) is 5.24. The van der Waals surface area contributed by atoms with E-state index in [4.69, 9.17) is 25.8 Å². The number of phenolic OH excluding ortho intramolecular Hbond substituents is 1. The second-order valence-electron chi connectivity index (χ2n) is 4.81. The van der Waals surface area contributed by atoms with E-state index in [1.807, 2.05) is 0 Å². The maximum atomic E-state index is 12.1. The first-order valence-corrected chi connectivity index (χ1v) is 7.50. The monoisotopic (exact) mass is 364 g/mol. The fourth-order valence-corrected chi connectivity index (χ4v) is 2.24. The number of ether oxygens (including phenoxy) is 3. The third-order valence-corrected chi connectivity index (χ3v) is 3.55. The summed E-state index contributed by atoms with van der Waals surface area (Å²) < 4.78 is 15.7. The summed E-state index contributed by atoms with van der Waals surface area (Å²) >= 11 is 5.82. The number of methoxy groups -OCH3 is 3. The van der Waals surface area contributed by atoms with E-state index in [1.54, 1.807) is 12.1 Å². The minimum Gasteiger partial charge on any atom is -0.507 e. The van der Waals surface area contributed by atoms with E-state index >= 15 is 0 Å². The number of carbonyl (C=O) groups excluding carboxylic acids is 1. The number of aromatic hydroxyl groups is 1. The van der Waals surface area contributed by atoms with Gasteiger partial charge in [-0.15, -0.1) is 0 Å². The van der Waals surface area contributed by atoms with Crippen molar-refractivity contribution in [1.82, 2.24) is 5.43 Å². The van der Waals surface area contributed by atoms with Gasteiger partial charge in [-0.25, -0.2) is 5.43 Å². The summed E-state index contributed by atoms with van der Waals surface area (Å²) in [6.07, 6.45) is 1.37. The van der Waals surface area contributed by atoms with Crippen LogP contribution in [0.1, 0.15) is 15.9 Å². The summed E-state index contributed by atoms with van der Waals surface area (Å²) in [5.41, 5.74) is 2.84. The smallest absolute Gasteiger partial charge is 0.275 e. The molecule has 0 spiro atoms. The number of hydrogen-bond acceptors (Lipinski definition) is 6. The Morgan fingerprint density at radius 2 is 1.76 bits per heavy atom. The molecular formula is C17H17ClN2O5. The number of phenols is 1. The lowest BCUT2D eigenvalue weighted by Crippen LogP contribution is -2.17. The van der Waals surface area contributed by atoms with Crippen molar-refractivity contribution < 1.29 is 24.1 Å². The standard InChI is InChI=1S/C17H17ClN2O5/c1-23-11-7-15(24-2)13(16(8-11)25-3)9-19-20-17(22)12-6-10(18)4-5-14(12)21/h4-9,21H,1-3H3,(H,20,22)/b19-9-. The van der Waals surface area contributed by atoms with Gasteiger partial charge in [-0.2, -0.15) is 5.10 Å². The number of halogens is 1. The Hall–Kier alpha value is -2.93. The fourth-order valence-electron chi connectivity index (χ4n) is 2.07. The highest BCUT2D eigenvalue weighted by atomic mass is 35.5. The van der Waals surface area contributed by atoms with Crippen LogP contribution in [-0.2, 0) is 0 Å². The Morgan fingerprint density at radius 3 is 2.32 bits per heavy atom. The molecule has 0 heterocycles. The lowest BCUT2D eigenvalue weighted by atomic mass is 10.2. The van der Waals surface area contributed by atoms with Gasteiger partial charge in [0.05, 0.1) is 38.7 Å². The Kier molecular flexibility index (Phi) is 6.08. The molecule has 2 rings (SSSR count). The van der Waals surface area contributed by atoms with Crippen LogP contribution in [0.5, 0.6) is 23.0 Å². The number of amides is 1. The van der Waals surface area contributed by atoms with Gasteiger partial charge in [-0.1, -0.05) is 11.6 Å². The van der Waals surface area contributed by atoms with Crippen LogP contribution in [-0.4, -0.2) is 38.6 Å². The van der Waals surface area contributed by atoms with Gasteiger partial charge in [0, 0.05) is 17.2 Å². The number of hydrogen-bond donors (Lipinski definition) is 2. The zero-order valence-corrected chi connectivity index (χ0v) is 14.6. The maximum absolute atomic E-state index is 12.1. The Bertz CT molecular complexity index is 783. The zero-order chi connectivity index (χ0) is 18.4. The number of nitrogens with one attached hydrogen (secondary N) is 1. The molecule has 132 valence electrons. The summed E-state index contributed by atoms with van der Waals surface area (Å²) in [5, 5.41) is 13.9. The quantitative estimate of drug-likeness (QED) is 0.607. The second kappa shape index (κ2) is 8.25. The highest BCUT2D eigenvalue weighted by Gasteiger charge is 2.13. The van der Waals surface area contributed by atoms with Crippen LogP contribution in [0.2, 0.25) is 5.02 Å². The molecule has 7 nitrogen and oxygen atoms in total. The first-order chi connectivity index (χ1) is 12.0. The topological polar surface area (TPSA) is 89.4 Å². The number of carbonyl (C=O) groups is 1. The van der Waals surface area contributed by atoms with Crippen molar-refractivity contribution in [2.75, 3.05) is 21.3 Å². The van der Waals surface area contributed by atoms with Gasteiger partial charge in [-0.05, 0) is 18.2 Å². The fraction of sp³-hybridized carbons (Fsp3) is 0.176. The minimum absolute atomic E-state index is 0.0123. The average Bonchev–Trinajstić information content (AvgIpc) is 2.63. The highest BCUT2D eigenvalue weighted by Crippen LogP contribution is 2.32. The Morgan fingerprint density at radius 1 is 1.12 bits per heavy atom. The molecule has 8 heteroatoms. The van der Waals surface area contributed by atoms with Gasteiger partial charge in [0.25, 0.3) is 5.91 Å². The number of hydrazone groups is 1. The molecule has 0 atom stereocenters. The summed E-state index contributed by atoms with van der Waals surface area (Å²) in [6, 6.07) is 7.47. The molecule has 0 aliphatic carbocycles. The van der Waals surface area contributed by atoms with Crippen molar-refractivity contribution in [3.8, 4) is 23.0 Å². The first-order valence-electron chi connectivity index (χ1n) is 7.12. The third kappa shape index (κ3) is 4.33. The summed E-state index contributed by atoms with van der Waals surface area (Å²) in [6.45, 7) is 0. The molecular weight excluding hydrogens is 348 g/mol. The van der Waals surface area contributed by atoms with Crippen LogP contribution in [0.4, 0.5) is 0 Å². The maximum Gasteiger partial charge on any atom is 0.275 e. The lowest BCUT2D eigenvalue weighted by molar-refractivity contribution is 0.0952. The first kappa shape index (κ1) is 18.4. The van der Waals surface area contributed by atoms with Gasteiger partial charge in [0.15, 0.2) is 0 Å². The molecule has 0 radical (unpaired) electrons. The molecule has 0 saturated heterocycles. The zero-order valence-electron chi connectivity index (χ0n) is 13.9. The van der Waals surface area contributed by atoms with Crippen molar-refractivity contribution >= 4 is 23.7 Å². The number of nitrogens with zero attached hydrogens (tertiary/aromatic N) is 1. The van der Waals surface area contributed by atoms with Crippen molar-refractivity contribution in [3.63, 3.8) is 0 Å². The van der Waals surface area contributed by atoms with E-state index in [1.165, 1.54) is 45.7 Å². The SMILES string of the molecule is COc1cc(OC)c(/C=N\NC(=O)c2cc(Cl)ccc2O)c(OC)c1. The summed E-state index contributed by atoms with van der Waals surface area (Å²) in [7, 11) is 4.52. The normalized spacial score (nSPS) is 10.6. The van der Waals surface area contributed by atoms with E-state index in [0.29, 0.717) is 27.8 Å². The van der Waals surface area contributed by atoms with Crippen LogP contribution in [0.15, 0.2) is 35.4 Å². The van der Waals surface area contributed by atoms with E-state index in [-0.39, 0.29) is 11.3 Å². The average molecular weight is 365 g/mol. The molecule has 0 saturated carbocycles. The van der Waals surface area contributed by atoms with Crippen LogP contribution >= 0.6 is 11.6 Å². The van der Waals surface area contributed by atoms with Gasteiger partial charge >= 0.3 is 0 Å². The van der Waals surface area contributed by atoms with Crippen molar-refractivity contribution in [3.05, 3.63) is 46.5 Å². The Labute approximate surface area is 149 Å². The molecule has 0 aromatic heterocycles. The molecule has 0 bridgehead atoms. The Balaban J connectivity index is 2.24. The molecule has 0 aliphatic heterocycles. The van der Waals surface area contributed by atoms with E-state index in [0.717, 1.165) is 0 Å². The highest BCUT2D eigenvalue weighted by molar-refractivity contribution is 6.31. The molecule has 25 heavy (non-hydrogen) atoms. The van der Waals surface area contributed by atoms with Crippen molar-refractivity contribution in [2.45, 2.75) is 0 Å². The van der Waals surface area contributed by atoms with Gasteiger partial charge < -0.3 is 19.3 Å². The van der Waals surface area contributed by atoms with Gasteiger partial charge in [0.1, 0.15) is 23.0 Å². The predicted molar refractivity (Wildman–Crippen MR) is 94.3 cm³/mol. The van der Waals surface area contributed by atoms with Gasteiger partial charge in [0.2, 0.25) is 0 Å². The van der Waals surface area contributed by atoms with Crippen LogP contribution in [0.3, 0.4) is 0 Å². The molecule has 2 aromatic rings. The van der Waals surface area contributed by atoms with E-state index in [2.05, 4.69) is 10.5 Å². The summed E-state index contributed by atoms with van der Waals surface area (Å²) in [5.74, 6) is 0.665. The van der Waals surface area contributed by atoms with E-state index in [9.17, 15) is 9.90 Å². The molecule has 1 amide bonds. The number of benzene rings is 2. The molecule has 0 unspecified atom stereocenters. The lowest BCUT2D eigenvalue weighted by Gasteiger charge is -2.12. The van der Waals surface area contributed by atoms with Crippen LogP contribution < -0.4 is 19.6 Å². The predicted octanol–water partition coefficient (Wildman–Crippen LogP) is 2.84. The molecule has 0 fully saturated rings. The number of rotatable bonds is 6.